The minimum atomic E-state index is 0.651. The highest BCUT2D eigenvalue weighted by Gasteiger charge is 2.26. The van der Waals surface area contributed by atoms with Gasteiger partial charge in [-0.3, -0.25) is 0 Å². The third kappa shape index (κ3) is 13.0. The van der Waals surface area contributed by atoms with Gasteiger partial charge >= 0.3 is 0 Å². The van der Waals surface area contributed by atoms with Crippen molar-refractivity contribution in [2.75, 3.05) is 0 Å². The topological polar surface area (TPSA) is 81.5 Å². The van der Waals surface area contributed by atoms with Gasteiger partial charge in [-0.2, -0.15) is 10.5 Å². The molecule has 672 valence electrons. The molecule has 145 heavy (non-hydrogen) atoms. The van der Waals surface area contributed by atoms with E-state index < -0.39 is 0 Å². The van der Waals surface area contributed by atoms with Gasteiger partial charge < -0.3 is 27.4 Å². The molecule has 12 heteroatoms. The van der Waals surface area contributed by atoms with Gasteiger partial charge in [-0.05, 0) is 238 Å². The fraction of sp³-hybridized carbons (Fsp3) is 0. The molecule has 0 unspecified atom stereocenters. The van der Waals surface area contributed by atoms with Gasteiger partial charge in [-0.25, -0.2) is 4.85 Å². The normalized spacial score (nSPS) is 11.8. The fourth-order valence-corrected chi connectivity index (χ4v) is 26.9. The van der Waals surface area contributed by atoms with Gasteiger partial charge in [0.25, 0.3) is 0 Å². The van der Waals surface area contributed by atoms with Crippen molar-refractivity contribution in [3.63, 3.8) is 0 Å². The number of hydrogen-bond donors (Lipinski definition) is 0. The number of nitrogens with zero attached hydrogens (tertiary/aromatic N) is 9. The Labute approximate surface area is 842 Å². The maximum atomic E-state index is 9.79. The zero-order valence-corrected chi connectivity index (χ0v) is 80.2. The van der Waals surface area contributed by atoms with Gasteiger partial charge in [0, 0.05) is 154 Å². The van der Waals surface area contributed by atoms with Crippen molar-refractivity contribution in [1.29, 1.82) is 10.5 Å². The first-order valence-electron chi connectivity index (χ1n) is 48.6. The van der Waals surface area contributed by atoms with E-state index in [4.69, 9.17) is 6.57 Å². The van der Waals surface area contributed by atoms with Crippen LogP contribution in [0, 0.1) is 29.2 Å². The van der Waals surface area contributed by atoms with Crippen molar-refractivity contribution in [3.8, 4) is 79.6 Å². The lowest BCUT2D eigenvalue weighted by molar-refractivity contribution is 1.16. The monoisotopic (exact) mass is 1900 g/mol. The summed E-state index contributed by atoms with van der Waals surface area (Å²) < 4.78 is 22.1. The van der Waals surface area contributed by atoms with E-state index in [1.165, 1.54) is 170 Å². The number of hydrogen-bond acceptors (Lipinski definition) is 5. The van der Waals surface area contributed by atoms with Gasteiger partial charge in [0.2, 0.25) is 0 Å². The Morgan fingerprint density at radius 1 is 0.193 bits per heavy atom. The number of nitriles is 2. The smallest absolute Gasteiger partial charge is 0.188 e. The quantitative estimate of drug-likeness (QED) is 0.135. The second-order valence-electron chi connectivity index (χ2n) is 37.4. The molecule has 0 amide bonds. The number of fused-ring (bicyclic) bond motifs is 29. The molecule has 31 aromatic rings. The average molecular weight is 1900 g/mol. The Kier molecular flexibility index (Phi) is 19.0. The van der Waals surface area contributed by atoms with Gasteiger partial charge in [0.15, 0.2) is 5.69 Å². The molecule has 0 aliphatic carbocycles. The van der Waals surface area contributed by atoms with Gasteiger partial charge in [0.1, 0.15) is 0 Å². The van der Waals surface area contributed by atoms with Gasteiger partial charge in [0.05, 0.1) is 96.0 Å². The third-order valence-corrected chi connectivity index (χ3v) is 33.3. The lowest BCUT2D eigenvalue weighted by Crippen LogP contribution is -1.96. The summed E-state index contributed by atoms with van der Waals surface area (Å²) >= 11 is 5.62. The van der Waals surface area contributed by atoms with Crippen LogP contribution in [0.2, 0.25) is 0 Å². The van der Waals surface area contributed by atoms with E-state index in [0.29, 0.717) is 16.8 Å². The maximum absolute atomic E-state index is 9.79. The molecule has 0 fully saturated rings. The highest BCUT2D eigenvalue weighted by molar-refractivity contribution is 7.27. The first-order valence-corrected chi connectivity index (χ1v) is 51.1. The lowest BCUT2D eigenvalue weighted by atomic mass is 10.00. The molecule has 0 bridgehead atoms. The number of thiophene rings is 3. The second-order valence-corrected chi connectivity index (χ2v) is 40.5. The molecule has 0 spiro atoms. The molecule has 0 radical (unpaired) electrons. The predicted octanol–water partition coefficient (Wildman–Crippen LogP) is 37.2. The summed E-state index contributed by atoms with van der Waals surface area (Å²) in [5.74, 6) is 0. The van der Waals surface area contributed by atoms with Crippen LogP contribution in [0.3, 0.4) is 0 Å². The van der Waals surface area contributed by atoms with E-state index in [1.807, 2.05) is 88.6 Å². The second kappa shape index (κ2) is 33.1. The van der Waals surface area contributed by atoms with E-state index in [1.54, 1.807) is 0 Å². The number of para-hydroxylation sites is 6. The van der Waals surface area contributed by atoms with Crippen LogP contribution < -0.4 is 0 Å². The van der Waals surface area contributed by atoms with Crippen molar-refractivity contribution < 1.29 is 0 Å². The van der Waals surface area contributed by atoms with Crippen LogP contribution in [0.4, 0.5) is 5.69 Å². The largest absolute Gasteiger partial charge is 0.309 e. The van der Waals surface area contributed by atoms with Crippen LogP contribution in [0.15, 0.2) is 467 Å². The van der Waals surface area contributed by atoms with Crippen LogP contribution in [0.25, 0.3) is 274 Å². The molecule has 9 nitrogen and oxygen atoms in total. The Morgan fingerprint density at radius 3 is 0.917 bits per heavy atom. The zero-order valence-electron chi connectivity index (χ0n) is 77.7. The fourth-order valence-electron chi connectivity index (χ4n) is 23.1. The van der Waals surface area contributed by atoms with Crippen LogP contribution in [0.1, 0.15) is 11.1 Å². The average Bonchev–Trinajstić information content (AvgIpc) is 1.56. The molecular weight excluding hydrogens is 1820 g/mol. The molecule has 9 aromatic heterocycles. The molecule has 0 saturated carbocycles. The van der Waals surface area contributed by atoms with E-state index in [9.17, 15) is 10.5 Å². The summed E-state index contributed by atoms with van der Waals surface area (Å²) in [7, 11) is 0. The van der Waals surface area contributed by atoms with Crippen LogP contribution >= 0.6 is 34.0 Å². The molecule has 9 heterocycles. The first kappa shape index (κ1) is 83.0. The molecule has 0 aliphatic heterocycles. The predicted molar refractivity (Wildman–Crippen MR) is 614 cm³/mol. The Morgan fingerprint density at radius 2 is 0.497 bits per heavy atom. The Balaban J connectivity index is 0.000000103. The number of benzene rings is 22. The summed E-state index contributed by atoms with van der Waals surface area (Å²) in [6.45, 7) is 7.69. The van der Waals surface area contributed by atoms with Gasteiger partial charge in [-0.15, -0.1) is 34.0 Å². The maximum Gasteiger partial charge on any atom is 0.188 e. The lowest BCUT2D eigenvalue weighted by Gasteiger charge is -2.11. The summed E-state index contributed by atoms with van der Waals surface area (Å²) in [4.78, 5) is 3.76. The van der Waals surface area contributed by atoms with E-state index in [-0.39, 0.29) is 0 Å². The van der Waals surface area contributed by atoms with Crippen molar-refractivity contribution in [1.82, 2.24) is 27.4 Å². The molecule has 0 atom stereocenters. The molecule has 31 rings (SSSR count). The Hall–Kier alpha value is -19.0. The number of rotatable bonds is 9. The van der Waals surface area contributed by atoms with Crippen LogP contribution in [-0.4, -0.2) is 27.4 Å². The first-order chi connectivity index (χ1) is 71.8. The summed E-state index contributed by atoms with van der Waals surface area (Å²) in [5, 5.41) is 44.0. The standard InChI is InChI=1S/C47H27N3S.2C43H25N3S/c48-28-29-17-23-37-40-26-39-36-13-6-7-16-41(36)49(43(39)27-44(40)50(42(37)25-29)32-10-2-1-3-11-32)33-21-18-31(19-22-33)35-14-8-15-38-46-34-12-5-4-9-30(34)20-24-45(46)51-47(35)38;44-26-27-16-20-29(21-17-27)45-38-13-4-1-8-32(38)36-24-37-33-9-2-5-14-39(33)46(41(37)25-40(36)45)30-22-18-28(19-23-30)31-11-7-12-35-34-10-3-6-15-42(34)47-43(31)35;1-44-28-20-23-39-35(24-28)37-25-36-32-12-5-7-16-38(32)46(40(36)26-41(37)45(39)29-10-3-2-4-11-29)30-21-18-27(19-22-30)31-14-9-15-34-33-13-6-8-17-42(33)47-43(31)34/h1-27H;1-25H;2-26H. The molecule has 0 N–H and O–H groups in total. The third-order valence-electron chi connectivity index (χ3n) is 29.6. The highest BCUT2D eigenvalue weighted by atomic mass is 32.1. The summed E-state index contributed by atoms with van der Waals surface area (Å²) in [6, 6.07) is 172. The van der Waals surface area contributed by atoms with Gasteiger partial charge in [-0.1, -0.05) is 279 Å². The van der Waals surface area contributed by atoms with Crippen LogP contribution in [-0.2, 0) is 0 Å². The summed E-state index contributed by atoms with van der Waals surface area (Å²) in [6.07, 6.45) is 0. The van der Waals surface area contributed by atoms with E-state index in [2.05, 4.69) is 457 Å². The van der Waals surface area contributed by atoms with E-state index >= 15 is 0 Å². The molecule has 0 saturated heterocycles. The van der Waals surface area contributed by atoms with Crippen molar-refractivity contribution >= 4 is 242 Å². The summed E-state index contributed by atoms with van der Waals surface area (Å²) in [5.41, 5.74) is 29.6. The van der Waals surface area contributed by atoms with Crippen molar-refractivity contribution in [3.05, 3.63) is 490 Å². The van der Waals surface area contributed by atoms with Crippen molar-refractivity contribution in [2.24, 2.45) is 0 Å². The Bertz CT molecular complexity index is 11000. The minimum absolute atomic E-state index is 0.651. The van der Waals surface area contributed by atoms with E-state index in [0.717, 1.165) is 99.9 Å². The number of aromatic nitrogens is 6. The molecule has 22 aromatic carbocycles. The highest BCUT2D eigenvalue weighted by Crippen LogP contribution is 2.50. The minimum Gasteiger partial charge on any atom is -0.309 e. The SMILES string of the molecule is N#Cc1ccc(-n2c3ccccc3c3cc4c5ccccc5n(-c5ccc(-c6cccc7c6sc6ccccc67)cc5)c4cc32)cc1.N#Cc1ccc2c3cc4c5ccccc5n(-c5ccc(-c6cccc7c6sc6ccc8ccccc8c67)cc5)c4cc3n(-c3ccccc3)c2c1.[C-]#[N+]c1ccc2c(c1)c1cc3c4ccccc4n(-c4ccc(-c5cccc6c5sc5ccccc56)cc4)c3cc1n2-c1ccccc1. The molecular formula is C133H77N9S3. The van der Waals surface area contributed by atoms with Crippen molar-refractivity contribution in [2.45, 2.75) is 0 Å². The van der Waals surface area contributed by atoms with Crippen LogP contribution in [0.5, 0.6) is 0 Å². The molecule has 0 aliphatic rings. The zero-order chi connectivity index (χ0) is 95.8.